The summed E-state index contributed by atoms with van der Waals surface area (Å²) in [5.74, 6) is 0. The van der Waals surface area contributed by atoms with Crippen LogP contribution in [-0.2, 0) is 22.4 Å². The third kappa shape index (κ3) is 4.25. The fraction of sp³-hybridized carbons (Fsp3) is 0.385. The van der Waals surface area contributed by atoms with Crippen molar-refractivity contribution in [3.05, 3.63) is 41.0 Å². The Morgan fingerprint density at radius 3 is 1.78 bits per heavy atom. The predicted molar refractivity (Wildman–Crippen MR) is 69.0 cm³/mol. The Hall–Kier alpha value is -1.55. The van der Waals surface area contributed by atoms with E-state index in [-0.39, 0.29) is 24.7 Å². The van der Waals surface area contributed by atoms with Gasteiger partial charge >= 0.3 is 12.4 Å². The van der Waals surface area contributed by atoms with E-state index in [1.165, 1.54) is 0 Å². The molecule has 1 aliphatic rings. The third-order valence-electron chi connectivity index (χ3n) is 3.26. The van der Waals surface area contributed by atoms with E-state index >= 15 is 0 Å². The maximum Gasteiger partial charge on any atom is 0.416 e. The fourth-order valence-corrected chi connectivity index (χ4v) is 2.97. The van der Waals surface area contributed by atoms with Gasteiger partial charge in [0.25, 0.3) is 0 Å². The molecule has 0 heterocycles. The number of halogens is 6. The van der Waals surface area contributed by atoms with Gasteiger partial charge in [-0.15, -0.1) is 0 Å². The minimum absolute atomic E-state index is 0.118. The van der Waals surface area contributed by atoms with Crippen molar-refractivity contribution < 1.29 is 34.8 Å². The molecule has 0 saturated heterocycles. The fourth-order valence-electron chi connectivity index (χ4n) is 1.86. The van der Waals surface area contributed by atoms with E-state index in [0.717, 1.165) is 12.0 Å². The van der Waals surface area contributed by atoms with Crippen molar-refractivity contribution in [3.63, 3.8) is 0 Å². The molecule has 0 spiro atoms. The van der Waals surface area contributed by atoms with E-state index in [4.69, 9.17) is 0 Å². The van der Waals surface area contributed by atoms with Crippen molar-refractivity contribution in [2.75, 3.05) is 6.54 Å². The molecular weight excluding hydrogens is 348 g/mol. The molecule has 0 radical (unpaired) electrons. The van der Waals surface area contributed by atoms with Crippen molar-refractivity contribution in [2.24, 2.45) is 0 Å². The summed E-state index contributed by atoms with van der Waals surface area (Å²) in [6.45, 7) is -0.139. The molecule has 10 heteroatoms. The zero-order chi connectivity index (χ0) is 17.5. The molecule has 0 aliphatic heterocycles. The van der Waals surface area contributed by atoms with E-state index in [2.05, 4.69) is 0 Å². The number of allylic oxidation sites excluding steroid dienone is 1. The first-order valence-electron chi connectivity index (χ1n) is 6.37. The molecule has 1 aromatic rings. The van der Waals surface area contributed by atoms with Crippen molar-refractivity contribution in [2.45, 2.75) is 30.1 Å². The normalized spacial score (nSPS) is 16.0. The monoisotopic (exact) mass is 359 g/mol. The summed E-state index contributed by atoms with van der Waals surface area (Å²) in [4.78, 5) is -1.07. The molecule has 1 aromatic carbocycles. The largest absolute Gasteiger partial charge is 0.416 e. The van der Waals surface area contributed by atoms with Crippen LogP contribution >= 0.6 is 0 Å². The second-order valence-corrected chi connectivity index (χ2v) is 6.73. The number of benzene rings is 1. The van der Waals surface area contributed by atoms with Gasteiger partial charge in [0.05, 0.1) is 16.0 Å². The Labute approximate surface area is 128 Å². The molecule has 128 valence electrons. The lowest BCUT2D eigenvalue weighted by molar-refractivity contribution is -0.143. The average molecular weight is 359 g/mol. The first-order chi connectivity index (χ1) is 10.4. The molecule has 0 aromatic heterocycles. The highest BCUT2D eigenvalue weighted by atomic mass is 32.2. The summed E-state index contributed by atoms with van der Waals surface area (Å²) >= 11 is 0. The zero-order valence-electron chi connectivity index (χ0n) is 11.4. The smallest absolute Gasteiger partial charge is 0.207 e. The minimum Gasteiger partial charge on any atom is -0.207 e. The number of sulfonamides is 1. The first kappa shape index (κ1) is 17.8. The lowest BCUT2D eigenvalue weighted by Crippen LogP contribution is -2.28. The van der Waals surface area contributed by atoms with Gasteiger partial charge in [-0.05, 0) is 31.0 Å². The van der Waals surface area contributed by atoms with Gasteiger partial charge in [0.15, 0.2) is 0 Å². The second kappa shape index (κ2) is 5.82. The summed E-state index contributed by atoms with van der Waals surface area (Å²) in [5, 5.41) is 0. The minimum atomic E-state index is -5.10. The third-order valence-corrected chi connectivity index (χ3v) is 4.64. The van der Waals surface area contributed by atoms with Crippen molar-refractivity contribution >= 4 is 10.0 Å². The van der Waals surface area contributed by atoms with E-state index in [9.17, 15) is 34.8 Å². The van der Waals surface area contributed by atoms with Crippen molar-refractivity contribution in [3.8, 4) is 0 Å². The van der Waals surface area contributed by atoms with E-state index < -0.39 is 38.4 Å². The number of rotatable bonds is 4. The van der Waals surface area contributed by atoms with Gasteiger partial charge < -0.3 is 0 Å². The lowest BCUT2D eigenvalue weighted by atomic mass is 10.00. The van der Waals surface area contributed by atoms with Gasteiger partial charge in [-0.25, -0.2) is 13.1 Å². The van der Waals surface area contributed by atoms with Crippen LogP contribution in [0.25, 0.3) is 0 Å². The molecule has 2 rings (SSSR count). The Bertz CT molecular complexity index is 702. The van der Waals surface area contributed by atoms with Crippen LogP contribution in [0.15, 0.2) is 34.7 Å². The van der Waals surface area contributed by atoms with Crippen molar-refractivity contribution in [1.29, 1.82) is 0 Å². The molecular formula is C13H11F6NO2S. The summed E-state index contributed by atoms with van der Waals surface area (Å²) in [6.07, 6.45) is -7.06. The Morgan fingerprint density at radius 1 is 0.957 bits per heavy atom. The summed E-state index contributed by atoms with van der Waals surface area (Å²) in [5.41, 5.74) is -2.61. The van der Waals surface area contributed by atoms with Crippen LogP contribution in [0.5, 0.6) is 0 Å². The molecule has 0 bridgehead atoms. The van der Waals surface area contributed by atoms with Crippen LogP contribution in [-0.4, -0.2) is 15.0 Å². The lowest BCUT2D eigenvalue weighted by Gasteiger charge is -2.17. The molecule has 0 atom stereocenters. The SMILES string of the molecule is O=S(=O)(NCC1=CCC1)c1cc(C(F)(F)F)cc(C(F)(F)F)c1. The van der Waals surface area contributed by atoms with E-state index in [1.807, 2.05) is 4.72 Å². The first-order valence-corrected chi connectivity index (χ1v) is 7.85. The van der Waals surface area contributed by atoms with Gasteiger partial charge in [-0.1, -0.05) is 11.6 Å². The van der Waals surface area contributed by atoms with Crippen LogP contribution in [0.3, 0.4) is 0 Å². The van der Waals surface area contributed by atoms with Gasteiger partial charge in [-0.2, -0.15) is 26.3 Å². The van der Waals surface area contributed by atoms with Crippen LogP contribution in [0, 0.1) is 0 Å². The average Bonchev–Trinajstić information content (AvgIpc) is 2.34. The van der Waals surface area contributed by atoms with Crippen molar-refractivity contribution in [1.82, 2.24) is 4.72 Å². The molecule has 23 heavy (non-hydrogen) atoms. The maximum absolute atomic E-state index is 12.7. The predicted octanol–water partition coefficient (Wildman–Crippen LogP) is 3.72. The number of hydrogen-bond donors (Lipinski definition) is 1. The molecule has 0 amide bonds. The number of hydrogen-bond acceptors (Lipinski definition) is 2. The Morgan fingerprint density at radius 2 is 1.43 bits per heavy atom. The maximum atomic E-state index is 12.7. The molecule has 3 nitrogen and oxygen atoms in total. The quantitative estimate of drug-likeness (QED) is 0.658. The standard InChI is InChI=1S/C13H11F6NO2S/c14-12(15,16)9-4-10(13(17,18)19)6-11(5-9)23(21,22)20-7-8-2-1-3-8/h2,4-6,20H,1,3,7H2. The van der Waals surface area contributed by atoms with Crippen LogP contribution in [0.4, 0.5) is 26.3 Å². The van der Waals surface area contributed by atoms with E-state index in [1.54, 1.807) is 6.08 Å². The zero-order valence-corrected chi connectivity index (χ0v) is 12.2. The van der Waals surface area contributed by atoms with Crippen LogP contribution in [0.1, 0.15) is 24.0 Å². The molecule has 0 unspecified atom stereocenters. The highest BCUT2D eigenvalue weighted by Crippen LogP contribution is 2.37. The van der Waals surface area contributed by atoms with Gasteiger partial charge in [0, 0.05) is 6.54 Å². The van der Waals surface area contributed by atoms with Crippen LogP contribution in [0.2, 0.25) is 0 Å². The Balaban J connectivity index is 2.43. The molecule has 0 saturated carbocycles. The summed E-state index contributed by atoms with van der Waals surface area (Å²) in [6, 6.07) is 0.257. The van der Waals surface area contributed by atoms with Gasteiger partial charge in [0.1, 0.15) is 0 Å². The molecule has 1 aliphatic carbocycles. The number of nitrogens with one attached hydrogen (secondary N) is 1. The summed E-state index contributed by atoms with van der Waals surface area (Å²) in [7, 11) is -4.49. The van der Waals surface area contributed by atoms with E-state index in [0.29, 0.717) is 6.42 Å². The Kier molecular flexibility index (Phi) is 4.51. The highest BCUT2D eigenvalue weighted by Gasteiger charge is 2.38. The summed E-state index contributed by atoms with van der Waals surface area (Å²) < 4.78 is 102. The molecule has 0 fully saturated rings. The van der Waals surface area contributed by atoms with Gasteiger partial charge in [0.2, 0.25) is 10.0 Å². The topological polar surface area (TPSA) is 46.2 Å². The number of alkyl halides is 6. The van der Waals surface area contributed by atoms with Gasteiger partial charge in [-0.3, -0.25) is 0 Å². The van der Waals surface area contributed by atoms with Crippen LogP contribution < -0.4 is 4.72 Å². The molecule has 1 N–H and O–H groups in total. The highest BCUT2D eigenvalue weighted by molar-refractivity contribution is 7.89. The second-order valence-electron chi connectivity index (χ2n) is 4.97.